The molecule has 0 aromatic heterocycles. The number of hydrogen-bond acceptors (Lipinski definition) is 15. The molecule has 11 amide bonds. The topological polar surface area (TPSA) is 302 Å². The van der Waals surface area contributed by atoms with Crippen LogP contribution in [0.5, 0.6) is 0 Å². The number of nitrogens with one attached hydrogen (secondary N) is 4. The van der Waals surface area contributed by atoms with Gasteiger partial charge in [-0.1, -0.05) is 95.2 Å². The number of nitrogens with zero attached hydrogens (tertiary/aromatic N) is 8. The summed E-state index contributed by atoms with van der Waals surface area (Å²) in [7, 11) is 13.3. The number of allylic oxidation sites excluding steroid dienone is 2. The Bertz CT molecular complexity index is 2510. The molecule has 26 heteroatoms. The Morgan fingerprint density at radius 3 is 1.41 bits per heavy atom. The van der Waals surface area contributed by atoms with E-state index in [1.165, 1.54) is 96.6 Å². The first-order valence-electron chi connectivity index (χ1n) is 32.2. The van der Waals surface area contributed by atoms with Crippen LogP contribution in [0.1, 0.15) is 156 Å². The lowest BCUT2D eigenvalue weighted by atomic mass is 9.91. The molecular weight excluding hydrogens is 1190 g/mol. The maximum atomic E-state index is 15.3. The van der Waals surface area contributed by atoms with E-state index in [0.717, 1.165) is 26.5 Å². The predicted octanol–water partition coefficient (Wildman–Crippen LogP) is 2.96. The van der Waals surface area contributed by atoms with E-state index in [1.54, 1.807) is 79.6 Å². The Morgan fingerprint density at radius 2 is 0.956 bits per heavy atom. The van der Waals surface area contributed by atoms with Crippen LogP contribution in [0, 0.1) is 35.5 Å². The SMILES string of the molecule is CC=CCC(C)C(O)C1C(=O)NC(CC)C(=O)N(C)C(SCN(C)C)C(=O)N(C)C(CC(C)(C)O)C(=O)NC(C(C)C)C(=O)N(C)C(CC(C)C)C(=O)NC(C)C(=O)NC(C)C(=O)N(C)C(CC(C)C)C(=O)N(C)C(CC(C)C)C(=O)N(C)C(C(C)C)C(=O)N1C. The summed E-state index contributed by atoms with van der Waals surface area (Å²) in [6.45, 7) is 28.8. The molecular formula is C65H118N12O13S. The highest BCUT2D eigenvalue weighted by molar-refractivity contribution is 8.00. The molecule has 1 rings (SSSR count). The molecule has 0 spiro atoms. The van der Waals surface area contributed by atoms with E-state index in [0.29, 0.717) is 0 Å². The second kappa shape index (κ2) is 37.1. The smallest absolute Gasteiger partial charge is 0.256 e. The molecule has 1 saturated heterocycles. The van der Waals surface area contributed by atoms with E-state index in [1.807, 2.05) is 41.5 Å². The summed E-state index contributed by atoms with van der Waals surface area (Å²) in [5.74, 6) is -10.2. The first-order chi connectivity index (χ1) is 41.8. The molecule has 13 unspecified atom stereocenters. The maximum absolute atomic E-state index is 15.3. The van der Waals surface area contributed by atoms with E-state index in [-0.39, 0.29) is 62.2 Å². The Hall–Kier alpha value is -5.86. The molecule has 1 aliphatic heterocycles. The number of carbonyl (C=O) groups is 11. The summed E-state index contributed by atoms with van der Waals surface area (Å²) < 4.78 is 0. The van der Waals surface area contributed by atoms with Crippen LogP contribution < -0.4 is 21.3 Å². The first kappa shape index (κ1) is 83.2. The highest BCUT2D eigenvalue weighted by Crippen LogP contribution is 2.28. The second-order valence-electron chi connectivity index (χ2n) is 27.9. The monoisotopic (exact) mass is 1310 g/mol. The third-order valence-electron chi connectivity index (χ3n) is 16.7. The molecule has 0 bridgehead atoms. The van der Waals surface area contributed by atoms with Gasteiger partial charge in [-0.3, -0.25) is 52.7 Å². The fourth-order valence-corrected chi connectivity index (χ4v) is 12.2. The Balaban J connectivity index is 4.54. The average Bonchev–Trinajstić information content (AvgIpc) is 0.888. The van der Waals surface area contributed by atoms with E-state index in [4.69, 9.17) is 0 Å². The largest absolute Gasteiger partial charge is 0.390 e. The van der Waals surface area contributed by atoms with Crippen LogP contribution >= 0.6 is 11.8 Å². The standard InChI is InChI=1S/C65H118N12O13S/c1-27-29-30-41(13)52(78)51-56(82)68-44(28-2)58(84)77(26)64(91-35-70(18)19)63(89)74(23)48(34-65(16,17)90)55(81)69-49(39(9)10)61(87)71(20)45(31-36(3)4)54(80)66-42(14)53(79)67-43(15)57(83)72(21)46(32-37(5)6)59(85)73(22)47(33-38(7)8)60(86)75(24)50(40(11)12)62(88)76(51)25/h27,29,36-52,64,78,90H,28,30-35H2,1-26H3,(H,66,80)(H,67,79)(H,68,82)(H,69,81). The maximum Gasteiger partial charge on any atom is 0.256 e. The highest BCUT2D eigenvalue weighted by atomic mass is 32.2. The zero-order valence-electron chi connectivity index (χ0n) is 59.9. The van der Waals surface area contributed by atoms with Crippen LogP contribution in [0.15, 0.2) is 12.2 Å². The molecule has 0 saturated carbocycles. The molecule has 25 nitrogen and oxygen atoms in total. The molecule has 1 aliphatic rings. The van der Waals surface area contributed by atoms with E-state index in [2.05, 4.69) is 21.3 Å². The van der Waals surface area contributed by atoms with Crippen molar-refractivity contribution >= 4 is 76.7 Å². The van der Waals surface area contributed by atoms with Crippen molar-refractivity contribution in [2.45, 2.75) is 234 Å². The van der Waals surface area contributed by atoms with Crippen LogP contribution in [-0.2, 0) is 52.7 Å². The van der Waals surface area contributed by atoms with Gasteiger partial charge in [0.1, 0.15) is 60.4 Å². The van der Waals surface area contributed by atoms with Crippen molar-refractivity contribution in [1.82, 2.24) is 60.5 Å². The lowest BCUT2D eigenvalue weighted by Gasteiger charge is -2.41. The average molecular weight is 1310 g/mol. The number of amides is 11. The van der Waals surface area contributed by atoms with E-state index in [9.17, 15) is 39.0 Å². The van der Waals surface area contributed by atoms with E-state index >= 15 is 24.0 Å². The Morgan fingerprint density at radius 1 is 0.516 bits per heavy atom. The van der Waals surface area contributed by atoms with Crippen molar-refractivity contribution in [2.24, 2.45) is 35.5 Å². The minimum Gasteiger partial charge on any atom is -0.390 e. The van der Waals surface area contributed by atoms with Gasteiger partial charge in [-0.15, -0.1) is 11.8 Å². The summed E-state index contributed by atoms with van der Waals surface area (Å²) in [4.78, 5) is 173. The number of likely N-dealkylation sites (N-methyl/N-ethyl adjacent to an activating group) is 7. The third kappa shape index (κ3) is 23.9. The van der Waals surface area contributed by atoms with Crippen LogP contribution in [0.2, 0.25) is 0 Å². The molecule has 6 N–H and O–H groups in total. The van der Waals surface area contributed by atoms with Crippen molar-refractivity contribution in [3.8, 4) is 0 Å². The zero-order chi connectivity index (χ0) is 70.8. The first-order valence-corrected chi connectivity index (χ1v) is 33.2. The third-order valence-corrected chi connectivity index (χ3v) is 18.2. The van der Waals surface area contributed by atoms with Crippen LogP contribution in [-0.4, -0.2) is 261 Å². The molecule has 522 valence electrons. The van der Waals surface area contributed by atoms with Gasteiger partial charge in [-0.25, -0.2) is 0 Å². The van der Waals surface area contributed by atoms with Crippen molar-refractivity contribution in [3.63, 3.8) is 0 Å². The van der Waals surface area contributed by atoms with Gasteiger partial charge < -0.3 is 70.7 Å². The summed E-state index contributed by atoms with van der Waals surface area (Å²) >= 11 is 1.04. The predicted molar refractivity (Wildman–Crippen MR) is 355 cm³/mol. The molecule has 91 heavy (non-hydrogen) atoms. The van der Waals surface area contributed by atoms with Crippen LogP contribution in [0.3, 0.4) is 0 Å². The quantitative estimate of drug-likeness (QED) is 0.0850. The van der Waals surface area contributed by atoms with Gasteiger partial charge in [-0.05, 0) is 116 Å². The molecule has 1 fully saturated rings. The molecule has 0 aromatic rings. The normalized spacial score (nSPS) is 26.9. The fourth-order valence-electron chi connectivity index (χ4n) is 11.1. The molecule has 0 aliphatic carbocycles. The molecule has 0 radical (unpaired) electrons. The number of rotatable bonds is 18. The molecule has 13 atom stereocenters. The van der Waals surface area contributed by atoms with Gasteiger partial charge in [0.25, 0.3) is 5.91 Å². The fraction of sp³-hybridized carbons (Fsp3) is 0.800. The number of carbonyl (C=O) groups excluding carboxylic acids is 11. The van der Waals surface area contributed by atoms with Gasteiger partial charge >= 0.3 is 0 Å². The highest BCUT2D eigenvalue weighted by Gasteiger charge is 2.47. The lowest BCUT2D eigenvalue weighted by Crippen LogP contribution is -2.64. The zero-order valence-corrected chi connectivity index (χ0v) is 60.7. The number of aliphatic hydroxyl groups is 2. The lowest BCUT2D eigenvalue weighted by molar-refractivity contribution is -0.157. The Kier molecular flexibility index (Phi) is 33.9. The summed E-state index contributed by atoms with van der Waals surface area (Å²) in [6, 6.07) is -13.1. The van der Waals surface area contributed by atoms with Gasteiger partial charge in [0.2, 0.25) is 59.1 Å². The Labute approximate surface area is 548 Å². The van der Waals surface area contributed by atoms with E-state index < -0.39 is 160 Å². The second-order valence-corrected chi connectivity index (χ2v) is 28.9. The molecule has 0 aromatic carbocycles. The van der Waals surface area contributed by atoms with Gasteiger partial charge in [0.15, 0.2) is 5.37 Å². The minimum atomic E-state index is -1.66. The number of thioether (sulfide) groups is 1. The minimum absolute atomic E-state index is 0.0362. The van der Waals surface area contributed by atoms with Gasteiger partial charge in [0, 0.05) is 61.6 Å². The van der Waals surface area contributed by atoms with Crippen molar-refractivity contribution in [1.29, 1.82) is 0 Å². The van der Waals surface area contributed by atoms with Crippen molar-refractivity contribution < 1.29 is 63.0 Å². The molecule has 1 heterocycles. The van der Waals surface area contributed by atoms with Crippen LogP contribution in [0.25, 0.3) is 0 Å². The van der Waals surface area contributed by atoms with Gasteiger partial charge in [-0.2, -0.15) is 0 Å². The number of aliphatic hydroxyl groups excluding tert-OH is 1. The summed E-state index contributed by atoms with van der Waals surface area (Å²) in [5, 5.41) is 33.2. The van der Waals surface area contributed by atoms with Crippen LogP contribution in [0.4, 0.5) is 0 Å². The van der Waals surface area contributed by atoms with Crippen molar-refractivity contribution in [3.05, 3.63) is 12.2 Å². The van der Waals surface area contributed by atoms with Crippen molar-refractivity contribution in [2.75, 3.05) is 69.3 Å². The summed E-state index contributed by atoms with van der Waals surface area (Å²) in [5.41, 5.74) is -1.59. The number of hydrogen-bond donors (Lipinski definition) is 6. The summed E-state index contributed by atoms with van der Waals surface area (Å²) in [6.07, 6.45) is 2.32. The van der Waals surface area contributed by atoms with Gasteiger partial charge in [0.05, 0.1) is 11.7 Å².